The zero-order chi connectivity index (χ0) is 12.3. The van der Waals surface area contributed by atoms with E-state index < -0.39 is 0 Å². The second-order valence-corrected chi connectivity index (χ2v) is 4.37. The minimum absolute atomic E-state index is 0.0184. The summed E-state index contributed by atoms with van der Waals surface area (Å²) < 4.78 is 0. The van der Waals surface area contributed by atoms with Gasteiger partial charge in [-0.25, -0.2) is 0 Å². The Kier molecular flexibility index (Phi) is 3.50. The molecule has 0 saturated carbocycles. The number of halogens is 1. The van der Waals surface area contributed by atoms with Gasteiger partial charge in [-0.1, -0.05) is 11.6 Å². The van der Waals surface area contributed by atoms with Crippen LogP contribution in [0.25, 0.3) is 0 Å². The maximum absolute atomic E-state index is 11.6. The van der Waals surface area contributed by atoms with Crippen LogP contribution < -0.4 is 10.6 Å². The fraction of sp³-hybridized carbons (Fsp3) is 0.333. The lowest BCUT2D eigenvalue weighted by atomic mass is 10.1. The van der Waals surface area contributed by atoms with Crippen molar-refractivity contribution >= 4 is 23.2 Å². The molecule has 2 N–H and O–H groups in total. The molecule has 5 heteroatoms. The number of rotatable bonds is 2. The molecule has 2 rings (SSSR count). The highest BCUT2D eigenvalue weighted by atomic mass is 35.5. The van der Waals surface area contributed by atoms with E-state index in [1.54, 1.807) is 18.2 Å². The summed E-state index contributed by atoms with van der Waals surface area (Å²) >= 11 is 5.81. The molecule has 1 unspecified atom stereocenters. The van der Waals surface area contributed by atoms with Crippen LogP contribution in [0.1, 0.15) is 18.4 Å². The minimum atomic E-state index is -0.267. The Hall–Kier alpha value is -1.73. The topological polar surface area (TPSA) is 64.9 Å². The number of nitrogens with one attached hydrogen (secondary N) is 2. The van der Waals surface area contributed by atoms with Crippen LogP contribution in [-0.4, -0.2) is 18.5 Å². The van der Waals surface area contributed by atoms with E-state index in [1.807, 2.05) is 0 Å². The van der Waals surface area contributed by atoms with E-state index in [0.29, 0.717) is 16.3 Å². The number of carbonyl (C=O) groups is 1. The molecule has 1 aromatic rings. The largest absolute Gasteiger partial charge is 0.373 e. The number of nitrogens with zero attached hydrogens (tertiary/aromatic N) is 1. The first-order chi connectivity index (χ1) is 8.20. The summed E-state index contributed by atoms with van der Waals surface area (Å²) in [5.41, 5.74) is 1.11. The van der Waals surface area contributed by atoms with Crippen molar-refractivity contribution in [1.29, 1.82) is 5.26 Å². The standard InChI is InChI=1S/C12H12ClN3O/c13-9-3-4-10(8(6-9)7-14)16-11-2-1-5-15-12(11)17/h3-4,6,11,16H,1-2,5H2,(H,15,17). The summed E-state index contributed by atoms with van der Waals surface area (Å²) in [6, 6.07) is 6.81. The second kappa shape index (κ2) is 5.07. The van der Waals surface area contributed by atoms with Crippen molar-refractivity contribution in [3.63, 3.8) is 0 Å². The molecule has 1 amide bonds. The number of amides is 1. The zero-order valence-electron chi connectivity index (χ0n) is 9.16. The van der Waals surface area contributed by atoms with Crippen molar-refractivity contribution in [2.24, 2.45) is 0 Å². The number of piperidine rings is 1. The molecular formula is C12H12ClN3O. The molecule has 4 nitrogen and oxygen atoms in total. The average molecular weight is 250 g/mol. The molecule has 1 aliphatic heterocycles. The van der Waals surface area contributed by atoms with Crippen molar-refractivity contribution in [3.8, 4) is 6.07 Å². The summed E-state index contributed by atoms with van der Waals surface area (Å²) in [7, 11) is 0. The van der Waals surface area contributed by atoms with Gasteiger partial charge in [0.05, 0.1) is 11.3 Å². The number of anilines is 1. The zero-order valence-corrected chi connectivity index (χ0v) is 9.92. The van der Waals surface area contributed by atoms with Crippen LogP contribution in [0, 0.1) is 11.3 Å². The Morgan fingerprint density at radius 3 is 3.06 bits per heavy atom. The Morgan fingerprint density at radius 2 is 2.35 bits per heavy atom. The first-order valence-electron chi connectivity index (χ1n) is 5.44. The van der Waals surface area contributed by atoms with Crippen LogP contribution in [0.15, 0.2) is 18.2 Å². The van der Waals surface area contributed by atoms with Crippen molar-refractivity contribution in [2.75, 3.05) is 11.9 Å². The Balaban J connectivity index is 2.18. The number of benzene rings is 1. The van der Waals surface area contributed by atoms with Gasteiger partial charge in [0, 0.05) is 11.6 Å². The number of carbonyl (C=O) groups excluding carboxylic acids is 1. The van der Waals surface area contributed by atoms with Gasteiger partial charge >= 0.3 is 0 Å². The molecule has 1 atom stereocenters. The van der Waals surface area contributed by atoms with E-state index in [4.69, 9.17) is 16.9 Å². The highest BCUT2D eigenvalue weighted by Crippen LogP contribution is 2.21. The van der Waals surface area contributed by atoms with Gasteiger partial charge in [0.2, 0.25) is 5.91 Å². The van der Waals surface area contributed by atoms with Gasteiger partial charge in [0.1, 0.15) is 12.1 Å². The van der Waals surface area contributed by atoms with Gasteiger partial charge in [-0.15, -0.1) is 0 Å². The monoisotopic (exact) mass is 249 g/mol. The molecule has 0 aromatic heterocycles. The average Bonchev–Trinajstić information content (AvgIpc) is 2.34. The van der Waals surface area contributed by atoms with E-state index in [2.05, 4.69) is 16.7 Å². The van der Waals surface area contributed by atoms with E-state index in [9.17, 15) is 4.79 Å². The SMILES string of the molecule is N#Cc1cc(Cl)ccc1NC1CCCNC1=O. The third-order valence-electron chi connectivity index (χ3n) is 2.72. The molecule has 1 fully saturated rings. The van der Waals surface area contributed by atoms with Crippen LogP contribution in [-0.2, 0) is 4.79 Å². The van der Waals surface area contributed by atoms with Crippen molar-refractivity contribution < 1.29 is 4.79 Å². The molecule has 88 valence electrons. The third-order valence-corrected chi connectivity index (χ3v) is 2.95. The van der Waals surface area contributed by atoms with E-state index in [-0.39, 0.29) is 11.9 Å². The highest BCUT2D eigenvalue weighted by Gasteiger charge is 2.22. The van der Waals surface area contributed by atoms with Crippen LogP contribution in [0.5, 0.6) is 0 Å². The molecule has 0 aliphatic carbocycles. The van der Waals surface area contributed by atoms with Crippen LogP contribution in [0.3, 0.4) is 0 Å². The van der Waals surface area contributed by atoms with E-state index >= 15 is 0 Å². The third kappa shape index (κ3) is 2.69. The summed E-state index contributed by atoms with van der Waals surface area (Å²) in [5, 5.41) is 15.4. The molecule has 1 aliphatic rings. The molecule has 1 saturated heterocycles. The van der Waals surface area contributed by atoms with Crippen molar-refractivity contribution in [2.45, 2.75) is 18.9 Å². The number of hydrogen-bond donors (Lipinski definition) is 2. The molecule has 0 spiro atoms. The van der Waals surface area contributed by atoms with Gasteiger partial charge < -0.3 is 10.6 Å². The summed E-state index contributed by atoms with van der Waals surface area (Å²) in [5.74, 6) is -0.0184. The molecule has 1 heterocycles. The minimum Gasteiger partial charge on any atom is -0.373 e. The fourth-order valence-corrected chi connectivity index (χ4v) is 2.00. The molecular weight excluding hydrogens is 238 g/mol. The quantitative estimate of drug-likeness (QED) is 0.841. The first-order valence-corrected chi connectivity index (χ1v) is 5.82. The molecule has 0 bridgehead atoms. The summed E-state index contributed by atoms with van der Waals surface area (Å²) in [6.45, 7) is 0.725. The van der Waals surface area contributed by atoms with Crippen LogP contribution in [0.4, 0.5) is 5.69 Å². The molecule has 0 radical (unpaired) electrons. The lowest BCUT2D eigenvalue weighted by Gasteiger charge is -2.24. The second-order valence-electron chi connectivity index (χ2n) is 3.93. The van der Waals surface area contributed by atoms with Crippen molar-refractivity contribution in [3.05, 3.63) is 28.8 Å². The molecule has 17 heavy (non-hydrogen) atoms. The van der Waals surface area contributed by atoms with Crippen molar-refractivity contribution in [1.82, 2.24) is 5.32 Å². The maximum Gasteiger partial charge on any atom is 0.242 e. The van der Waals surface area contributed by atoms with Crippen LogP contribution in [0.2, 0.25) is 5.02 Å². The van der Waals surface area contributed by atoms with Gasteiger partial charge in [0.25, 0.3) is 0 Å². The number of nitriles is 1. The van der Waals surface area contributed by atoms with Gasteiger partial charge in [-0.3, -0.25) is 4.79 Å². The van der Waals surface area contributed by atoms with Gasteiger partial charge in [-0.2, -0.15) is 5.26 Å². The van der Waals surface area contributed by atoms with Crippen LogP contribution >= 0.6 is 11.6 Å². The van der Waals surface area contributed by atoms with E-state index in [0.717, 1.165) is 19.4 Å². The van der Waals surface area contributed by atoms with Gasteiger partial charge in [-0.05, 0) is 31.0 Å². The van der Waals surface area contributed by atoms with Gasteiger partial charge in [0.15, 0.2) is 0 Å². The normalized spacial score (nSPS) is 19.3. The predicted molar refractivity (Wildman–Crippen MR) is 65.8 cm³/mol. The lowest BCUT2D eigenvalue weighted by molar-refractivity contribution is -0.123. The highest BCUT2D eigenvalue weighted by molar-refractivity contribution is 6.30. The first kappa shape index (κ1) is 11.7. The molecule has 1 aromatic carbocycles. The fourth-order valence-electron chi connectivity index (χ4n) is 1.83. The Morgan fingerprint density at radius 1 is 1.53 bits per heavy atom. The maximum atomic E-state index is 11.6. The summed E-state index contributed by atoms with van der Waals surface area (Å²) in [6.07, 6.45) is 1.72. The summed E-state index contributed by atoms with van der Waals surface area (Å²) in [4.78, 5) is 11.6. The predicted octanol–water partition coefficient (Wildman–Crippen LogP) is 1.90. The number of hydrogen-bond acceptors (Lipinski definition) is 3. The van der Waals surface area contributed by atoms with E-state index in [1.165, 1.54) is 0 Å². The Labute approximate surface area is 105 Å². The smallest absolute Gasteiger partial charge is 0.242 e. The lowest BCUT2D eigenvalue weighted by Crippen LogP contribution is -2.44. The Bertz CT molecular complexity index is 481.